The third-order valence-electron chi connectivity index (χ3n) is 10.2. The van der Waals surface area contributed by atoms with Gasteiger partial charge in [0, 0.05) is 41.3 Å². The molecule has 42 heavy (non-hydrogen) atoms. The number of rotatable bonds is 6. The number of likely N-dealkylation sites (N-methyl/N-ethyl adjacent to an activating group) is 1. The summed E-state index contributed by atoms with van der Waals surface area (Å²) in [5, 5.41) is 0. The van der Waals surface area contributed by atoms with Crippen molar-refractivity contribution < 1.29 is 4.58 Å². The topological polar surface area (TPSA) is 6.25 Å². The van der Waals surface area contributed by atoms with Crippen LogP contribution in [0.5, 0.6) is 0 Å². The third-order valence-corrected chi connectivity index (χ3v) is 10.2. The Bertz CT molecular complexity index is 1570. The number of fused-ring (bicyclic) bond motifs is 2. The monoisotopic (exact) mass is 555 g/mol. The van der Waals surface area contributed by atoms with Crippen LogP contribution in [-0.4, -0.2) is 34.3 Å². The molecule has 1 fully saturated rings. The molecule has 2 atom stereocenters. The highest BCUT2D eigenvalue weighted by Gasteiger charge is 2.48. The molecule has 2 heteroatoms. The molecule has 0 spiro atoms. The number of allylic oxidation sites excluding steroid dienone is 10. The number of hydrogen-bond acceptors (Lipinski definition) is 1. The molecular formula is C40H47N2+. The fourth-order valence-corrected chi connectivity index (χ4v) is 8.03. The molecule has 2 nitrogen and oxygen atoms in total. The van der Waals surface area contributed by atoms with Crippen LogP contribution in [0.25, 0.3) is 5.57 Å². The Morgan fingerprint density at radius 1 is 0.857 bits per heavy atom. The van der Waals surface area contributed by atoms with Crippen LogP contribution in [0.2, 0.25) is 0 Å². The summed E-state index contributed by atoms with van der Waals surface area (Å²) in [5.74, 6) is 0.513. The summed E-state index contributed by atoms with van der Waals surface area (Å²) in [5.41, 5.74) is 11.3. The van der Waals surface area contributed by atoms with Crippen molar-refractivity contribution in [1.82, 2.24) is 4.90 Å². The van der Waals surface area contributed by atoms with Crippen LogP contribution in [-0.2, 0) is 5.41 Å². The molecule has 1 saturated heterocycles. The summed E-state index contributed by atoms with van der Waals surface area (Å²) in [4.78, 5) is 2.62. The van der Waals surface area contributed by atoms with Gasteiger partial charge in [-0.1, -0.05) is 98.8 Å². The molecule has 2 aliphatic carbocycles. The molecule has 2 aliphatic heterocycles. The average molecular weight is 556 g/mol. The maximum Gasteiger partial charge on any atom is 0.209 e. The van der Waals surface area contributed by atoms with E-state index in [9.17, 15) is 0 Å². The molecule has 216 valence electrons. The molecule has 2 aromatic carbocycles. The lowest BCUT2D eigenvalue weighted by Crippen LogP contribution is -2.30. The second-order valence-electron chi connectivity index (χ2n) is 13.3. The molecule has 0 amide bonds. The van der Waals surface area contributed by atoms with Crippen LogP contribution in [0, 0.1) is 11.3 Å². The first-order valence-corrected chi connectivity index (χ1v) is 16.0. The van der Waals surface area contributed by atoms with Crippen molar-refractivity contribution in [2.45, 2.75) is 72.3 Å². The highest BCUT2D eigenvalue weighted by Crippen LogP contribution is 2.50. The molecule has 4 aliphatic rings. The number of hydrogen-bond donors (Lipinski definition) is 0. The maximum atomic E-state index is 2.62. The second kappa shape index (κ2) is 11.2. The zero-order chi connectivity index (χ0) is 29.5. The van der Waals surface area contributed by atoms with Crippen molar-refractivity contribution in [3.8, 4) is 0 Å². The van der Waals surface area contributed by atoms with E-state index in [0.29, 0.717) is 12.0 Å². The van der Waals surface area contributed by atoms with E-state index in [2.05, 4.69) is 154 Å². The minimum Gasteiger partial charge on any atom is -0.368 e. The summed E-state index contributed by atoms with van der Waals surface area (Å²) in [6.07, 6.45) is 22.4. The Kier molecular flexibility index (Phi) is 7.60. The van der Waals surface area contributed by atoms with E-state index in [-0.39, 0.29) is 10.8 Å². The summed E-state index contributed by atoms with van der Waals surface area (Å²) < 4.78 is 2.50. The van der Waals surface area contributed by atoms with Gasteiger partial charge in [0.1, 0.15) is 6.54 Å². The zero-order valence-corrected chi connectivity index (χ0v) is 26.4. The SMILES string of the molecule is CCN1/C(=C/C=C2\CCCC(/C=C/C3=[N+](CC)c4ccccc4C3(C)C)=C2c2ccccc2)C(C)(C)C2C=CC=CC21. The van der Waals surface area contributed by atoms with Gasteiger partial charge in [0.05, 0.1) is 11.5 Å². The minimum absolute atomic E-state index is 0.0222. The Morgan fingerprint density at radius 2 is 1.60 bits per heavy atom. The van der Waals surface area contributed by atoms with E-state index in [1.54, 1.807) is 0 Å². The van der Waals surface area contributed by atoms with Gasteiger partial charge in [-0.15, -0.1) is 0 Å². The lowest BCUT2D eigenvalue weighted by atomic mass is 9.75. The first kappa shape index (κ1) is 28.5. The second-order valence-corrected chi connectivity index (χ2v) is 13.3. The number of likely N-dealkylation sites (tertiary alicyclic amines) is 1. The van der Waals surface area contributed by atoms with Crippen LogP contribution < -0.4 is 0 Å². The Morgan fingerprint density at radius 3 is 2.36 bits per heavy atom. The van der Waals surface area contributed by atoms with Gasteiger partial charge in [0.15, 0.2) is 5.71 Å². The van der Waals surface area contributed by atoms with Crippen LogP contribution in [0.4, 0.5) is 5.69 Å². The highest BCUT2D eigenvalue weighted by molar-refractivity contribution is 6.03. The Balaban J connectivity index is 1.44. The van der Waals surface area contributed by atoms with E-state index in [1.807, 2.05) is 0 Å². The van der Waals surface area contributed by atoms with E-state index >= 15 is 0 Å². The van der Waals surface area contributed by atoms with Gasteiger partial charge in [0.25, 0.3) is 0 Å². The predicted octanol–water partition coefficient (Wildman–Crippen LogP) is 9.56. The summed E-state index contributed by atoms with van der Waals surface area (Å²) in [6, 6.07) is 20.4. The first-order chi connectivity index (χ1) is 20.3. The summed E-state index contributed by atoms with van der Waals surface area (Å²) in [6.45, 7) is 16.2. The average Bonchev–Trinajstić information content (AvgIpc) is 3.37. The predicted molar refractivity (Wildman–Crippen MR) is 179 cm³/mol. The van der Waals surface area contributed by atoms with Crippen molar-refractivity contribution in [3.63, 3.8) is 0 Å². The van der Waals surface area contributed by atoms with Crippen LogP contribution >= 0.6 is 0 Å². The Hall–Kier alpha value is -3.65. The van der Waals surface area contributed by atoms with Gasteiger partial charge in [0.2, 0.25) is 5.69 Å². The van der Waals surface area contributed by atoms with Crippen LogP contribution in [0.1, 0.15) is 71.9 Å². The molecule has 0 aromatic heterocycles. The Labute approximate surface area is 253 Å². The largest absolute Gasteiger partial charge is 0.368 e. The van der Waals surface area contributed by atoms with Crippen molar-refractivity contribution in [2.75, 3.05) is 13.1 Å². The summed E-state index contributed by atoms with van der Waals surface area (Å²) >= 11 is 0. The molecular weight excluding hydrogens is 508 g/mol. The normalized spacial score (nSPS) is 26.2. The van der Waals surface area contributed by atoms with E-state index in [1.165, 1.54) is 51.4 Å². The standard InChI is InChI=1S/C40H47N2/c1-7-41-34-23-14-12-21-32(34)39(3,4)36(41)27-25-30-19-16-20-31(38(30)29-17-10-9-11-18-29)26-28-37-40(5,6)33-22-13-15-24-35(33)42(37)8-2/h9-15,17-18,21-28,32,34H,7-8,16,19-20H2,1-6H3/q+1. The van der Waals surface area contributed by atoms with Gasteiger partial charge in [-0.2, -0.15) is 4.58 Å². The van der Waals surface area contributed by atoms with E-state index in [4.69, 9.17) is 0 Å². The van der Waals surface area contributed by atoms with E-state index < -0.39 is 0 Å². The van der Waals surface area contributed by atoms with Crippen LogP contribution in [0.15, 0.2) is 120 Å². The van der Waals surface area contributed by atoms with Crippen LogP contribution in [0.3, 0.4) is 0 Å². The fraction of sp³-hybridized carbons (Fsp3) is 0.375. The number of benzene rings is 2. The quantitative estimate of drug-likeness (QED) is 0.322. The lowest BCUT2D eigenvalue weighted by Gasteiger charge is -2.27. The van der Waals surface area contributed by atoms with Crippen molar-refractivity contribution in [3.05, 3.63) is 131 Å². The smallest absolute Gasteiger partial charge is 0.209 e. The van der Waals surface area contributed by atoms with Gasteiger partial charge >= 0.3 is 0 Å². The molecule has 0 N–H and O–H groups in total. The van der Waals surface area contributed by atoms with E-state index in [0.717, 1.165) is 25.9 Å². The third kappa shape index (κ3) is 4.70. The van der Waals surface area contributed by atoms with Crippen molar-refractivity contribution in [1.29, 1.82) is 0 Å². The van der Waals surface area contributed by atoms with Gasteiger partial charge in [-0.25, -0.2) is 0 Å². The van der Waals surface area contributed by atoms with Gasteiger partial charge < -0.3 is 4.90 Å². The van der Waals surface area contributed by atoms with Crippen molar-refractivity contribution >= 4 is 17.0 Å². The molecule has 2 aromatic rings. The number of para-hydroxylation sites is 1. The van der Waals surface area contributed by atoms with Gasteiger partial charge in [-0.3, -0.25) is 0 Å². The first-order valence-electron chi connectivity index (χ1n) is 16.0. The van der Waals surface area contributed by atoms with Gasteiger partial charge in [-0.05, 0) is 75.3 Å². The molecule has 0 bridgehead atoms. The minimum atomic E-state index is -0.0222. The molecule has 2 heterocycles. The number of nitrogens with zero attached hydrogens (tertiary/aromatic N) is 2. The maximum absolute atomic E-state index is 2.62. The molecule has 2 unspecified atom stereocenters. The summed E-state index contributed by atoms with van der Waals surface area (Å²) in [7, 11) is 0. The highest BCUT2D eigenvalue weighted by atomic mass is 15.2. The molecule has 0 saturated carbocycles. The van der Waals surface area contributed by atoms with Crippen molar-refractivity contribution in [2.24, 2.45) is 11.3 Å². The zero-order valence-electron chi connectivity index (χ0n) is 26.4. The lowest BCUT2D eigenvalue weighted by molar-refractivity contribution is -0.433. The molecule has 6 rings (SSSR count). The molecule has 0 radical (unpaired) electrons. The fourth-order valence-electron chi connectivity index (χ4n) is 8.03.